The number of hydrogen-bond donors (Lipinski definition) is 1. The summed E-state index contributed by atoms with van der Waals surface area (Å²) in [6.07, 6.45) is 1.74. The number of carbonyl (C=O) groups excluding carboxylic acids is 1. The predicted molar refractivity (Wildman–Crippen MR) is 110 cm³/mol. The van der Waals surface area contributed by atoms with Gasteiger partial charge in [-0.1, -0.05) is 26.0 Å². The van der Waals surface area contributed by atoms with Crippen LogP contribution in [-0.2, 0) is 9.53 Å². The lowest BCUT2D eigenvalue weighted by atomic mass is 10.0. The molecule has 1 saturated heterocycles. The summed E-state index contributed by atoms with van der Waals surface area (Å²) in [5.74, 6) is 1.72. The van der Waals surface area contributed by atoms with Crippen molar-refractivity contribution in [3.63, 3.8) is 0 Å². The van der Waals surface area contributed by atoms with Gasteiger partial charge >= 0.3 is 0 Å². The van der Waals surface area contributed by atoms with Crippen molar-refractivity contribution < 1.29 is 19.0 Å². The van der Waals surface area contributed by atoms with Crippen molar-refractivity contribution in [1.82, 2.24) is 0 Å². The van der Waals surface area contributed by atoms with Crippen LogP contribution in [0.4, 0.5) is 5.69 Å². The van der Waals surface area contributed by atoms with Crippen LogP contribution in [0.15, 0.2) is 48.5 Å². The van der Waals surface area contributed by atoms with Crippen LogP contribution >= 0.6 is 0 Å². The van der Waals surface area contributed by atoms with Crippen molar-refractivity contribution in [2.45, 2.75) is 51.7 Å². The van der Waals surface area contributed by atoms with Gasteiger partial charge < -0.3 is 19.5 Å². The molecule has 5 heteroatoms. The van der Waals surface area contributed by atoms with Crippen molar-refractivity contribution in [3.8, 4) is 11.5 Å². The first-order chi connectivity index (χ1) is 13.5. The Morgan fingerprint density at radius 1 is 1.07 bits per heavy atom. The summed E-state index contributed by atoms with van der Waals surface area (Å²) >= 11 is 0. The zero-order valence-corrected chi connectivity index (χ0v) is 16.8. The van der Waals surface area contributed by atoms with Gasteiger partial charge in [0, 0.05) is 12.3 Å². The van der Waals surface area contributed by atoms with Crippen molar-refractivity contribution >= 4 is 11.6 Å². The molecule has 1 aliphatic heterocycles. The summed E-state index contributed by atoms with van der Waals surface area (Å²) in [4.78, 5) is 12.4. The number of rotatable bonds is 8. The molecule has 5 nitrogen and oxygen atoms in total. The number of amides is 1. The fourth-order valence-electron chi connectivity index (χ4n) is 3.03. The highest BCUT2D eigenvalue weighted by Crippen LogP contribution is 2.21. The highest BCUT2D eigenvalue weighted by Gasteiger charge is 2.17. The fraction of sp³-hybridized carbons (Fsp3) is 0.435. The van der Waals surface area contributed by atoms with Crippen LogP contribution in [0, 0.1) is 0 Å². The largest absolute Gasteiger partial charge is 0.491 e. The van der Waals surface area contributed by atoms with Crippen molar-refractivity contribution in [3.05, 3.63) is 54.1 Å². The minimum Gasteiger partial charge on any atom is -0.491 e. The minimum absolute atomic E-state index is 0.187. The van der Waals surface area contributed by atoms with E-state index in [9.17, 15) is 4.79 Å². The molecule has 1 amide bonds. The average Bonchev–Trinajstić information content (AvgIpc) is 3.21. The first kappa shape index (κ1) is 20.2. The van der Waals surface area contributed by atoms with Crippen LogP contribution in [0.3, 0.4) is 0 Å². The van der Waals surface area contributed by atoms with E-state index >= 15 is 0 Å². The molecule has 1 N–H and O–H groups in total. The van der Waals surface area contributed by atoms with Gasteiger partial charge in [0.15, 0.2) is 6.10 Å². The lowest BCUT2D eigenvalue weighted by Crippen LogP contribution is -2.30. The monoisotopic (exact) mass is 383 g/mol. The number of anilines is 1. The van der Waals surface area contributed by atoms with Gasteiger partial charge in [0.2, 0.25) is 0 Å². The quantitative estimate of drug-likeness (QED) is 0.713. The zero-order chi connectivity index (χ0) is 19.9. The molecule has 3 rings (SSSR count). The average molecular weight is 383 g/mol. The standard InChI is InChI=1S/C23H29NO4/c1-16(2)18-6-10-21(11-7-18)28-17(3)23(25)24-19-8-12-20(13-9-19)27-15-22-5-4-14-26-22/h6-13,16-17,22H,4-5,14-15H2,1-3H3,(H,24,25)/t17-,22+/m0/s1. The molecule has 0 aliphatic carbocycles. The molecule has 0 radical (unpaired) electrons. The van der Waals surface area contributed by atoms with Gasteiger partial charge in [-0.05, 0) is 67.6 Å². The van der Waals surface area contributed by atoms with E-state index < -0.39 is 6.10 Å². The van der Waals surface area contributed by atoms with Crippen molar-refractivity contribution in [1.29, 1.82) is 0 Å². The summed E-state index contributed by atoms with van der Waals surface area (Å²) < 4.78 is 17.0. The van der Waals surface area contributed by atoms with E-state index in [0.717, 1.165) is 25.2 Å². The third-order valence-corrected chi connectivity index (χ3v) is 4.81. The molecule has 0 aromatic heterocycles. The van der Waals surface area contributed by atoms with E-state index in [0.29, 0.717) is 24.0 Å². The number of nitrogens with one attached hydrogen (secondary N) is 1. The van der Waals surface area contributed by atoms with Crippen LogP contribution in [0.5, 0.6) is 11.5 Å². The normalized spacial score (nSPS) is 17.4. The molecule has 1 fully saturated rings. The van der Waals surface area contributed by atoms with Crippen molar-refractivity contribution in [2.75, 3.05) is 18.5 Å². The molecule has 2 atom stereocenters. The molecule has 0 bridgehead atoms. The predicted octanol–water partition coefficient (Wildman–Crippen LogP) is 4.77. The highest BCUT2D eigenvalue weighted by atomic mass is 16.5. The molecular formula is C23H29NO4. The molecule has 0 unspecified atom stereocenters. The van der Waals surface area contributed by atoms with Crippen LogP contribution in [-0.4, -0.2) is 31.3 Å². The SMILES string of the molecule is CC(C)c1ccc(O[C@@H](C)C(=O)Nc2ccc(OC[C@H]3CCCO3)cc2)cc1. The Hall–Kier alpha value is -2.53. The van der Waals surface area contributed by atoms with Crippen LogP contribution in [0.25, 0.3) is 0 Å². The smallest absolute Gasteiger partial charge is 0.265 e. The second-order valence-electron chi connectivity index (χ2n) is 7.44. The third-order valence-electron chi connectivity index (χ3n) is 4.81. The maximum absolute atomic E-state index is 12.4. The number of ether oxygens (including phenoxy) is 3. The van der Waals surface area contributed by atoms with Gasteiger partial charge in [0.25, 0.3) is 5.91 Å². The van der Waals surface area contributed by atoms with Gasteiger partial charge in [0.05, 0.1) is 6.10 Å². The molecule has 1 aliphatic rings. The van der Waals surface area contributed by atoms with Gasteiger partial charge in [-0.2, -0.15) is 0 Å². The summed E-state index contributed by atoms with van der Waals surface area (Å²) in [6.45, 7) is 7.41. The molecule has 150 valence electrons. The van der Waals surface area contributed by atoms with Crippen molar-refractivity contribution in [2.24, 2.45) is 0 Å². The van der Waals surface area contributed by atoms with E-state index in [1.807, 2.05) is 48.5 Å². The van der Waals surface area contributed by atoms with Gasteiger partial charge in [-0.3, -0.25) is 4.79 Å². The Bertz CT molecular complexity index is 749. The highest BCUT2D eigenvalue weighted by molar-refractivity contribution is 5.94. The van der Waals surface area contributed by atoms with Gasteiger partial charge in [-0.15, -0.1) is 0 Å². The second-order valence-corrected chi connectivity index (χ2v) is 7.44. The Labute approximate surface area is 167 Å². The Morgan fingerprint density at radius 2 is 1.75 bits per heavy atom. The Kier molecular flexibility index (Phi) is 6.93. The van der Waals surface area contributed by atoms with E-state index in [1.54, 1.807) is 6.92 Å². The molecule has 2 aromatic rings. The van der Waals surface area contributed by atoms with Crippen LogP contribution < -0.4 is 14.8 Å². The molecule has 28 heavy (non-hydrogen) atoms. The molecule has 2 aromatic carbocycles. The van der Waals surface area contributed by atoms with Gasteiger partial charge in [-0.25, -0.2) is 0 Å². The van der Waals surface area contributed by atoms with E-state index in [1.165, 1.54) is 5.56 Å². The van der Waals surface area contributed by atoms with E-state index in [4.69, 9.17) is 14.2 Å². The first-order valence-electron chi connectivity index (χ1n) is 9.93. The van der Waals surface area contributed by atoms with Crippen LogP contribution in [0.1, 0.15) is 45.1 Å². The van der Waals surface area contributed by atoms with E-state index in [-0.39, 0.29) is 12.0 Å². The summed E-state index contributed by atoms with van der Waals surface area (Å²) in [5.41, 5.74) is 1.95. The summed E-state index contributed by atoms with van der Waals surface area (Å²) in [6, 6.07) is 15.2. The lowest BCUT2D eigenvalue weighted by molar-refractivity contribution is -0.122. The minimum atomic E-state index is -0.597. The summed E-state index contributed by atoms with van der Waals surface area (Å²) in [7, 11) is 0. The lowest BCUT2D eigenvalue weighted by Gasteiger charge is -2.16. The second kappa shape index (κ2) is 9.60. The maximum Gasteiger partial charge on any atom is 0.265 e. The first-order valence-corrected chi connectivity index (χ1v) is 9.93. The Morgan fingerprint density at radius 3 is 2.36 bits per heavy atom. The topological polar surface area (TPSA) is 56.8 Å². The fourth-order valence-corrected chi connectivity index (χ4v) is 3.03. The summed E-state index contributed by atoms with van der Waals surface area (Å²) in [5, 5.41) is 2.87. The van der Waals surface area contributed by atoms with Gasteiger partial charge in [0.1, 0.15) is 18.1 Å². The Balaban J connectivity index is 1.47. The number of carbonyl (C=O) groups is 1. The molecule has 0 saturated carbocycles. The molecular weight excluding hydrogens is 354 g/mol. The van der Waals surface area contributed by atoms with Crippen LogP contribution in [0.2, 0.25) is 0 Å². The number of hydrogen-bond acceptors (Lipinski definition) is 4. The maximum atomic E-state index is 12.4. The van der Waals surface area contributed by atoms with E-state index in [2.05, 4.69) is 19.2 Å². The third kappa shape index (κ3) is 5.73. The molecule has 1 heterocycles. The number of benzene rings is 2. The molecule has 0 spiro atoms. The zero-order valence-electron chi connectivity index (χ0n) is 16.8.